The lowest BCUT2D eigenvalue weighted by Crippen LogP contribution is -2.47. The summed E-state index contributed by atoms with van der Waals surface area (Å²) in [6.07, 6.45) is 5.31. The molecule has 0 unspecified atom stereocenters. The van der Waals surface area contributed by atoms with Crippen LogP contribution in [0.5, 0.6) is 0 Å². The zero-order chi connectivity index (χ0) is 20.1. The molecule has 7 nitrogen and oxygen atoms in total. The topological polar surface area (TPSA) is 81.8 Å². The molecule has 1 aliphatic carbocycles. The van der Waals surface area contributed by atoms with Crippen LogP contribution in [0.15, 0.2) is 24.3 Å². The molecule has 28 heavy (non-hydrogen) atoms. The highest BCUT2D eigenvalue weighted by atomic mass is 16.2. The minimum absolute atomic E-state index is 0.258. The van der Waals surface area contributed by atoms with Gasteiger partial charge in [-0.15, -0.1) is 0 Å². The summed E-state index contributed by atoms with van der Waals surface area (Å²) in [5, 5.41) is 5.65. The Hall–Kier alpha value is -2.57. The van der Waals surface area contributed by atoms with Gasteiger partial charge in [-0.3, -0.25) is 14.5 Å². The molecule has 1 aliphatic heterocycles. The van der Waals surface area contributed by atoms with Gasteiger partial charge in [0.05, 0.1) is 0 Å². The first-order valence-corrected chi connectivity index (χ1v) is 10.3. The summed E-state index contributed by atoms with van der Waals surface area (Å²) in [6.45, 7) is 5.76. The van der Waals surface area contributed by atoms with Crippen LogP contribution in [-0.2, 0) is 9.59 Å². The molecule has 1 saturated heterocycles. The number of urea groups is 1. The van der Waals surface area contributed by atoms with E-state index in [0.717, 1.165) is 49.4 Å². The van der Waals surface area contributed by atoms with Gasteiger partial charge in [0.25, 0.3) is 5.91 Å². The standard InChI is InChI=1S/C21H30N4O3/c1-3-24(4-2)17-11-9-16(10-12-17)22-18(26)15-25-19(27)21(23-20(25)28)13-7-5-6-8-14-21/h9-12H,3-8,13-15H2,1-2H3,(H,22,26)(H,23,28). The van der Waals surface area contributed by atoms with Crippen LogP contribution in [-0.4, -0.2) is 47.9 Å². The molecule has 7 heteroatoms. The lowest BCUT2D eigenvalue weighted by molar-refractivity contribution is -0.134. The normalized spacial score (nSPS) is 18.7. The second-order valence-corrected chi connectivity index (χ2v) is 7.59. The van der Waals surface area contributed by atoms with Crippen molar-refractivity contribution in [3.05, 3.63) is 24.3 Å². The second kappa shape index (κ2) is 8.63. The van der Waals surface area contributed by atoms with Gasteiger partial charge in [0.1, 0.15) is 12.1 Å². The van der Waals surface area contributed by atoms with Gasteiger partial charge in [0.2, 0.25) is 5.91 Å². The smallest absolute Gasteiger partial charge is 0.325 e. The Morgan fingerprint density at radius 1 is 1.07 bits per heavy atom. The van der Waals surface area contributed by atoms with E-state index in [2.05, 4.69) is 29.4 Å². The Labute approximate surface area is 166 Å². The molecule has 152 valence electrons. The van der Waals surface area contributed by atoms with Crippen LogP contribution in [0.3, 0.4) is 0 Å². The molecular formula is C21H30N4O3. The van der Waals surface area contributed by atoms with Gasteiger partial charge in [0, 0.05) is 24.5 Å². The summed E-state index contributed by atoms with van der Waals surface area (Å²) in [6, 6.07) is 7.13. The SMILES string of the molecule is CCN(CC)c1ccc(NC(=O)CN2C(=O)NC3(CCCCCC3)C2=O)cc1. The number of nitrogens with zero attached hydrogens (tertiary/aromatic N) is 2. The van der Waals surface area contributed by atoms with E-state index in [1.165, 1.54) is 0 Å². The molecule has 4 amide bonds. The monoisotopic (exact) mass is 386 g/mol. The molecule has 0 bridgehead atoms. The van der Waals surface area contributed by atoms with Gasteiger partial charge < -0.3 is 15.5 Å². The first-order valence-electron chi connectivity index (χ1n) is 10.3. The Morgan fingerprint density at radius 2 is 1.68 bits per heavy atom. The van der Waals surface area contributed by atoms with Crippen molar-refractivity contribution in [3.8, 4) is 0 Å². The quantitative estimate of drug-likeness (QED) is 0.736. The molecule has 0 atom stereocenters. The van der Waals surface area contributed by atoms with E-state index in [4.69, 9.17) is 0 Å². The fourth-order valence-electron chi connectivity index (χ4n) is 4.18. The van der Waals surface area contributed by atoms with E-state index in [0.29, 0.717) is 18.5 Å². The van der Waals surface area contributed by atoms with Crippen LogP contribution in [0.4, 0.5) is 16.2 Å². The number of rotatable bonds is 6. The highest BCUT2D eigenvalue weighted by molar-refractivity contribution is 6.10. The van der Waals surface area contributed by atoms with Crippen molar-refractivity contribution in [2.45, 2.75) is 57.9 Å². The molecule has 3 rings (SSSR count). The van der Waals surface area contributed by atoms with Crippen molar-refractivity contribution in [3.63, 3.8) is 0 Å². The van der Waals surface area contributed by atoms with Gasteiger partial charge in [-0.25, -0.2) is 4.79 Å². The van der Waals surface area contributed by atoms with Crippen LogP contribution in [0.2, 0.25) is 0 Å². The molecule has 2 fully saturated rings. The highest BCUT2D eigenvalue weighted by Crippen LogP contribution is 2.32. The molecule has 1 aromatic carbocycles. The zero-order valence-electron chi connectivity index (χ0n) is 16.8. The van der Waals surface area contributed by atoms with Crippen LogP contribution in [0, 0.1) is 0 Å². The van der Waals surface area contributed by atoms with E-state index >= 15 is 0 Å². The van der Waals surface area contributed by atoms with Crippen LogP contribution < -0.4 is 15.5 Å². The van der Waals surface area contributed by atoms with Gasteiger partial charge in [-0.1, -0.05) is 25.7 Å². The summed E-state index contributed by atoms with van der Waals surface area (Å²) in [4.78, 5) is 40.9. The van der Waals surface area contributed by atoms with Crippen LogP contribution in [0.1, 0.15) is 52.4 Å². The van der Waals surface area contributed by atoms with Crippen molar-refractivity contribution in [1.82, 2.24) is 10.2 Å². The first-order chi connectivity index (χ1) is 13.5. The number of imide groups is 1. The van der Waals surface area contributed by atoms with Crippen LogP contribution >= 0.6 is 0 Å². The lowest BCUT2D eigenvalue weighted by atomic mass is 9.90. The maximum atomic E-state index is 12.9. The summed E-state index contributed by atoms with van der Waals surface area (Å²) in [5.41, 5.74) is 0.934. The highest BCUT2D eigenvalue weighted by Gasteiger charge is 2.51. The number of carbonyl (C=O) groups excluding carboxylic acids is 3. The van der Waals surface area contributed by atoms with Gasteiger partial charge in [0.15, 0.2) is 0 Å². The minimum atomic E-state index is -0.806. The molecule has 1 aromatic rings. The van der Waals surface area contributed by atoms with E-state index < -0.39 is 11.6 Å². The second-order valence-electron chi connectivity index (χ2n) is 7.59. The number of benzene rings is 1. The van der Waals surface area contributed by atoms with Crippen molar-refractivity contribution >= 4 is 29.2 Å². The molecule has 0 aromatic heterocycles. The third-order valence-corrected chi connectivity index (χ3v) is 5.78. The average molecular weight is 386 g/mol. The van der Waals surface area contributed by atoms with E-state index in [1.807, 2.05) is 24.3 Å². The van der Waals surface area contributed by atoms with Crippen molar-refractivity contribution in [2.75, 3.05) is 29.9 Å². The van der Waals surface area contributed by atoms with Gasteiger partial charge in [-0.05, 0) is 51.0 Å². The third-order valence-electron chi connectivity index (χ3n) is 5.78. The summed E-state index contributed by atoms with van der Waals surface area (Å²) in [7, 11) is 0. The molecule has 2 N–H and O–H groups in total. The lowest BCUT2D eigenvalue weighted by Gasteiger charge is -2.24. The maximum Gasteiger partial charge on any atom is 0.325 e. The fourth-order valence-corrected chi connectivity index (χ4v) is 4.18. The number of amides is 4. The Balaban J connectivity index is 1.61. The molecular weight excluding hydrogens is 356 g/mol. The van der Waals surface area contributed by atoms with E-state index in [9.17, 15) is 14.4 Å². The molecule has 2 aliphatic rings. The average Bonchev–Trinajstić information content (AvgIpc) is 2.85. The fraction of sp³-hybridized carbons (Fsp3) is 0.571. The number of carbonyl (C=O) groups is 3. The van der Waals surface area contributed by atoms with E-state index in [-0.39, 0.29) is 18.4 Å². The summed E-state index contributed by atoms with van der Waals surface area (Å²) >= 11 is 0. The third kappa shape index (κ3) is 4.13. The Kier molecular flexibility index (Phi) is 6.21. The number of anilines is 2. The Bertz CT molecular complexity index is 720. The largest absolute Gasteiger partial charge is 0.372 e. The maximum absolute atomic E-state index is 12.9. The van der Waals surface area contributed by atoms with Gasteiger partial charge in [-0.2, -0.15) is 0 Å². The zero-order valence-corrected chi connectivity index (χ0v) is 16.8. The number of hydrogen-bond donors (Lipinski definition) is 2. The first kappa shape index (κ1) is 20.2. The number of hydrogen-bond acceptors (Lipinski definition) is 4. The van der Waals surface area contributed by atoms with E-state index in [1.54, 1.807) is 0 Å². The van der Waals surface area contributed by atoms with Crippen LogP contribution in [0.25, 0.3) is 0 Å². The predicted molar refractivity (Wildman–Crippen MR) is 109 cm³/mol. The molecule has 1 saturated carbocycles. The summed E-state index contributed by atoms with van der Waals surface area (Å²) < 4.78 is 0. The minimum Gasteiger partial charge on any atom is -0.372 e. The predicted octanol–water partition coefficient (Wildman–Crippen LogP) is 3.12. The summed E-state index contributed by atoms with van der Waals surface area (Å²) in [5.74, 6) is -0.629. The Morgan fingerprint density at radius 3 is 2.25 bits per heavy atom. The number of nitrogens with one attached hydrogen (secondary N) is 2. The van der Waals surface area contributed by atoms with Crippen molar-refractivity contribution < 1.29 is 14.4 Å². The molecule has 1 heterocycles. The molecule has 1 spiro atoms. The van der Waals surface area contributed by atoms with Gasteiger partial charge >= 0.3 is 6.03 Å². The van der Waals surface area contributed by atoms with Crippen molar-refractivity contribution in [2.24, 2.45) is 0 Å². The van der Waals surface area contributed by atoms with Crippen molar-refractivity contribution in [1.29, 1.82) is 0 Å². The molecule has 0 radical (unpaired) electrons.